The third-order valence-electron chi connectivity index (χ3n) is 4.43. The molecule has 0 aliphatic carbocycles. The van der Waals surface area contributed by atoms with E-state index in [-0.39, 0.29) is 11.5 Å². The van der Waals surface area contributed by atoms with Gasteiger partial charge in [0.25, 0.3) is 11.5 Å². The number of carbonyl (C=O) groups excluding carboxylic acids is 1. The molecule has 0 spiro atoms. The van der Waals surface area contributed by atoms with Crippen LogP contribution in [0.1, 0.15) is 15.5 Å². The number of hydrogen-bond acceptors (Lipinski definition) is 6. The molecule has 1 N–H and O–H groups in total. The van der Waals surface area contributed by atoms with Crippen LogP contribution in [0, 0.1) is 0 Å². The van der Waals surface area contributed by atoms with Crippen molar-refractivity contribution in [3.8, 4) is 21.8 Å². The summed E-state index contributed by atoms with van der Waals surface area (Å²) in [5, 5.41) is 7.62. The van der Waals surface area contributed by atoms with Gasteiger partial charge in [0.15, 0.2) is 5.01 Å². The zero-order valence-electron chi connectivity index (χ0n) is 16.6. The summed E-state index contributed by atoms with van der Waals surface area (Å²) >= 11 is 1.24. The SMILES string of the molecule is C=CCn1nc(-c2sc(C(=O)NCc3ccccn3)nc2-c2ccccc2)ccc1=O. The largest absolute Gasteiger partial charge is 0.344 e. The first-order valence-corrected chi connectivity index (χ1v) is 10.4. The van der Waals surface area contributed by atoms with E-state index < -0.39 is 0 Å². The monoisotopic (exact) mass is 429 g/mol. The van der Waals surface area contributed by atoms with Crippen LogP contribution >= 0.6 is 11.3 Å². The number of pyridine rings is 1. The van der Waals surface area contributed by atoms with E-state index in [4.69, 9.17) is 0 Å². The van der Waals surface area contributed by atoms with Crippen molar-refractivity contribution in [1.29, 1.82) is 0 Å². The summed E-state index contributed by atoms with van der Waals surface area (Å²) in [7, 11) is 0. The van der Waals surface area contributed by atoms with E-state index in [1.54, 1.807) is 18.3 Å². The molecular weight excluding hydrogens is 410 g/mol. The Kier molecular flexibility index (Phi) is 6.09. The van der Waals surface area contributed by atoms with Crippen LogP contribution in [0.3, 0.4) is 0 Å². The molecule has 8 heteroatoms. The minimum atomic E-state index is -0.293. The predicted molar refractivity (Wildman–Crippen MR) is 121 cm³/mol. The maximum absolute atomic E-state index is 12.8. The number of amides is 1. The number of nitrogens with one attached hydrogen (secondary N) is 1. The number of allylic oxidation sites excluding steroid dienone is 1. The van der Waals surface area contributed by atoms with Crippen molar-refractivity contribution in [2.24, 2.45) is 0 Å². The van der Waals surface area contributed by atoms with Crippen molar-refractivity contribution in [3.63, 3.8) is 0 Å². The first-order chi connectivity index (χ1) is 15.2. The van der Waals surface area contributed by atoms with Crippen molar-refractivity contribution in [2.75, 3.05) is 0 Å². The molecule has 31 heavy (non-hydrogen) atoms. The molecular formula is C23H19N5O2S. The van der Waals surface area contributed by atoms with Gasteiger partial charge in [-0.2, -0.15) is 5.10 Å². The lowest BCUT2D eigenvalue weighted by Gasteiger charge is -2.05. The summed E-state index contributed by atoms with van der Waals surface area (Å²) in [6.45, 7) is 4.27. The first-order valence-electron chi connectivity index (χ1n) is 9.59. The fraction of sp³-hybridized carbons (Fsp3) is 0.0870. The summed E-state index contributed by atoms with van der Waals surface area (Å²) in [6.07, 6.45) is 3.29. The molecule has 0 aliphatic rings. The van der Waals surface area contributed by atoms with Gasteiger partial charge in [0.2, 0.25) is 0 Å². The molecule has 0 saturated carbocycles. The zero-order chi connectivity index (χ0) is 21.6. The van der Waals surface area contributed by atoms with Gasteiger partial charge in [0.05, 0.1) is 29.4 Å². The molecule has 0 atom stereocenters. The van der Waals surface area contributed by atoms with E-state index >= 15 is 0 Å². The Labute approximate surface area is 182 Å². The number of carbonyl (C=O) groups is 1. The van der Waals surface area contributed by atoms with E-state index in [9.17, 15) is 9.59 Å². The average Bonchev–Trinajstić information content (AvgIpc) is 3.26. The lowest BCUT2D eigenvalue weighted by atomic mass is 10.1. The Morgan fingerprint density at radius 2 is 1.90 bits per heavy atom. The number of rotatable bonds is 7. The maximum atomic E-state index is 12.8. The number of benzene rings is 1. The van der Waals surface area contributed by atoms with Gasteiger partial charge in [0.1, 0.15) is 5.69 Å². The molecule has 3 aromatic heterocycles. The third kappa shape index (κ3) is 4.65. The van der Waals surface area contributed by atoms with E-state index in [1.807, 2.05) is 48.5 Å². The van der Waals surface area contributed by atoms with Crippen LogP contribution in [0.4, 0.5) is 0 Å². The second-order valence-electron chi connectivity index (χ2n) is 6.59. The Morgan fingerprint density at radius 1 is 1.10 bits per heavy atom. The van der Waals surface area contributed by atoms with E-state index in [1.165, 1.54) is 22.1 Å². The number of hydrogen-bond donors (Lipinski definition) is 1. The third-order valence-corrected chi connectivity index (χ3v) is 5.50. The minimum Gasteiger partial charge on any atom is -0.344 e. The fourth-order valence-corrected chi connectivity index (χ4v) is 3.92. The molecule has 7 nitrogen and oxygen atoms in total. The normalized spacial score (nSPS) is 10.6. The molecule has 0 bridgehead atoms. The van der Waals surface area contributed by atoms with Crippen molar-refractivity contribution < 1.29 is 4.79 Å². The summed E-state index contributed by atoms with van der Waals surface area (Å²) in [5.41, 5.74) is 2.61. The number of nitrogens with zero attached hydrogens (tertiary/aromatic N) is 4. The summed E-state index contributed by atoms with van der Waals surface area (Å²) in [4.78, 5) is 34.4. The Bertz CT molecular complexity index is 1270. The smallest absolute Gasteiger partial charge is 0.280 e. The van der Waals surface area contributed by atoms with E-state index in [2.05, 4.69) is 27.0 Å². The van der Waals surface area contributed by atoms with Gasteiger partial charge in [-0.3, -0.25) is 14.6 Å². The second kappa shape index (κ2) is 9.27. The lowest BCUT2D eigenvalue weighted by molar-refractivity contribution is 0.0950. The maximum Gasteiger partial charge on any atom is 0.280 e. The van der Waals surface area contributed by atoms with E-state index in [0.29, 0.717) is 34.4 Å². The second-order valence-corrected chi connectivity index (χ2v) is 7.59. The standard InChI is InChI=1S/C23H19N5O2S/c1-2-14-28-19(29)12-11-18(27-28)21-20(16-8-4-3-5-9-16)26-23(31-21)22(30)25-15-17-10-6-7-13-24-17/h2-13H,1,14-15H2,(H,25,30). The summed E-state index contributed by atoms with van der Waals surface area (Å²) in [5.74, 6) is -0.293. The molecule has 0 radical (unpaired) electrons. The van der Waals surface area contributed by atoms with Crippen molar-refractivity contribution >= 4 is 17.2 Å². The summed E-state index contributed by atoms with van der Waals surface area (Å²) in [6, 6.07) is 18.2. The minimum absolute atomic E-state index is 0.220. The van der Waals surface area contributed by atoms with Crippen LogP contribution in [-0.4, -0.2) is 25.7 Å². The Balaban J connectivity index is 1.71. The lowest BCUT2D eigenvalue weighted by Crippen LogP contribution is -2.23. The zero-order valence-corrected chi connectivity index (χ0v) is 17.4. The molecule has 1 aromatic carbocycles. The Morgan fingerprint density at radius 3 is 2.65 bits per heavy atom. The summed E-state index contributed by atoms with van der Waals surface area (Å²) < 4.78 is 1.33. The fourth-order valence-electron chi connectivity index (χ4n) is 2.95. The Hall–Kier alpha value is -3.91. The average molecular weight is 430 g/mol. The van der Waals surface area contributed by atoms with Crippen molar-refractivity contribution in [3.05, 3.63) is 101 Å². The van der Waals surface area contributed by atoms with Gasteiger partial charge in [0, 0.05) is 17.8 Å². The van der Waals surface area contributed by atoms with Gasteiger partial charge in [-0.15, -0.1) is 17.9 Å². The predicted octanol–water partition coefficient (Wildman–Crippen LogP) is 3.54. The molecule has 4 rings (SSSR count). The van der Waals surface area contributed by atoms with Gasteiger partial charge >= 0.3 is 0 Å². The van der Waals surface area contributed by atoms with Crippen LogP contribution in [0.5, 0.6) is 0 Å². The molecule has 1 amide bonds. The van der Waals surface area contributed by atoms with Crippen LogP contribution in [0.15, 0.2) is 84.3 Å². The molecule has 4 aromatic rings. The van der Waals surface area contributed by atoms with Crippen molar-refractivity contribution in [2.45, 2.75) is 13.1 Å². The van der Waals surface area contributed by atoms with Gasteiger partial charge < -0.3 is 5.32 Å². The number of thiazole rings is 1. The van der Waals surface area contributed by atoms with Gasteiger partial charge in [-0.05, 0) is 18.2 Å². The van der Waals surface area contributed by atoms with Crippen LogP contribution in [0.2, 0.25) is 0 Å². The molecule has 3 heterocycles. The molecule has 0 saturated heterocycles. The molecule has 0 fully saturated rings. The molecule has 0 aliphatic heterocycles. The van der Waals surface area contributed by atoms with Gasteiger partial charge in [-0.25, -0.2) is 9.67 Å². The van der Waals surface area contributed by atoms with Crippen LogP contribution < -0.4 is 10.9 Å². The topological polar surface area (TPSA) is 89.8 Å². The highest BCUT2D eigenvalue weighted by molar-refractivity contribution is 7.17. The van der Waals surface area contributed by atoms with Crippen LogP contribution in [0.25, 0.3) is 21.8 Å². The molecule has 0 unspecified atom stereocenters. The highest BCUT2D eigenvalue weighted by atomic mass is 32.1. The van der Waals surface area contributed by atoms with Crippen LogP contribution in [-0.2, 0) is 13.1 Å². The van der Waals surface area contributed by atoms with E-state index in [0.717, 1.165) is 11.3 Å². The first kappa shape index (κ1) is 20.4. The quantitative estimate of drug-likeness (QED) is 0.454. The van der Waals surface area contributed by atoms with Crippen molar-refractivity contribution in [1.82, 2.24) is 25.1 Å². The molecule has 154 valence electrons. The highest BCUT2D eigenvalue weighted by Gasteiger charge is 2.20. The highest BCUT2D eigenvalue weighted by Crippen LogP contribution is 2.35. The van der Waals surface area contributed by atoms with Gasteiger partial charge in [-0.1, -0.05) is 42.5 Å². The number of aromatic nitrogens is 4.